The second kappa shape index (κ2) is 7.09. The highest BCUT2D eigenvalue weighted by atomic mass is 16.5. The monoisotopic (exact) mass is 261 g/mol. The molecular formula is C9H15N3O6. The maximum absolute atomic E-state index is 11.3. The van der Waals surface area contributed by atoms with Crippen molar-refractivity contribution in [1.29, 1.82) is 0 Å². The number of aliphatic carboxylic acids is 1. The van der Waals surface area contributed by atoms with Gasteiger partial charge >= 0.3 is 18.0 Å². The average molecular weight is 261 g/mol. The second-order valence-electron chi connectivity index (χ2n) is 3.42. The number of hydrogen-bond acceptors (Lipinski definition) is 5. The highest BCUT2D eigenvalue weighted by Crippen LogP contribution is 1.93. The number of carbonyl (C=O) groups excluding carboxylic acids is 3. The summed E-state index contributed by atoms with van der Waals surface area (Å²) >= 11 is 0. The number of nitrogens with two attached hydrogens (primary N) is 1. The van der Waals surface area contributed by atoms with E-state index in [0.29, 0.717) is 0 Å². The molecule has 3 amide bonds. The van der Waals surface area contributed by atoms with Gasteiger partial charge in [-0.2, -0.15) is 0 Å². The molecule has 0 aliphatic heterocycles. The first-order chi connectivity index (χ1) is 8.27. The fourth-order valence-corrected chi connectivity index (χ4v) is 1.03. The van der Waals surface area contributed by atoms with Crippen LogP contribution in [0.15, 0.2) is 0 Å². The Morgan fingerprint density at radius 3 is 2.22 bits per heavy atom. The summed E-state index contributed by atoms with van der Waals surface area (Å²) in [5.41, 5.74) is 4.83. The molecule has 102 valence electrons. The summed E-state index contributed by atoms with van der Waals surface area (Å²) in [7, 11) is 1.14. The first kappa shape index (κ1) is 15.7. The van der Waals surface area contributed by atoms with E-state index in [4.69, 9.17) is 10.8 Å². The Bertz CT molecular complexity index is 356. The predicted octanol–water partition coefficient (Wildman–Crippen LogP) is -1.82. The third kappa shape index (κ3) is 5.68. The number of urea groups is 1. The van der Waals surface area contributed by atoms with Gasteiger partial charge in [0.2, 0.25) is 5.91 Å². The summed E-state index contributed by atoms with van der Waals surface area (Å²) in [6, 6.07) is -3.31. The lowest BCUT2D eigenvalue weighted by molar-refractivity contribution is -0.142. The molecule has 0 aliphatic rings. The van der Waals surface area contributed by atoms with Crippen molar-refractivity contribution in [2.75, 3.05) is 7.11 Å². The van der Waals surface area contributed by atoms with Crippen molar-refractivity contribution in [3.63, 3.8) is 0 Å². The maximum atomic E-state index is 11.3. The molecule has 0 saturated carbocycles. The Hall–Kier alpha value is -2.32. The van der Waals surface area contributed by atoms with Crippen molar-refractivity contribution in [2.45, 2.75) is 25.4 Å². The number of rotatable bonds is 6. The van der Waals surface area contributed by atoms with E-state index in [1.165, 1.54) is 6.92 Å². The lowest BCUT2D eigenvalue weighted by atomic mass is 10.2. The van der Waals surface area contributed by atoms with Crippen LogP contribution in [-0.2, 0) is 19.1 Å². The van der Waals surface area contributed by atoms with Crippen LogP contribution in [0.3, 0.4) is 0 Å². The molecule has 0 aromatic carbocycles. The largest absolute Gasteiger partial charge is 0.480 e. The summed E-state index contributed by atoms with van der Waals surface area (Å²) in [5.74, 6) is -2.97. The van der Waals surface area contributed by atoms with Crippen LogP contribution in [0.4, 0.5) is 4.79 Å². The van der Waals surface area contributed by atoms with E-state index in [1.807, 2.05) is 5.32 Å². The van der Waals surface area contributed by atoms with Gasteiger partial charge in [-0.3, -0.25) is 4.79 Å². The van der Waals surface area contributed by atoms with Gasteiger partial charge in [-0.25, -0.2) is 14.4 Å². The number of nitrogens with one attached hydrogen (secondary N) is 2. The van der Waals surface area contributed by atoms with Crippen LogP contribution in [0.25, 0.3) is 0 Å². The topological polar surface area (TPSA) is 148 Å². The van der Waals surface area contributed by atoms with E-state index in [1.54, 1.807) is 0 Å². The lowest BCUT2D eigenvalue weighted by Crippen LogP contribution is -2.51. The predicted molar refractivity (Wildman–Crippen MR) is 58.4 cm³/mol. The van der Waals surface area contributed by atoms with Crippen molar-refractivity contribution in [3.8, 4) is 0 Å². The minimum absolute atomic E-state index is 0.546. The molecule has 1 unspecified atom stereocenters. The summed E-state index contributed by atoms with van der Waals surface area (Å²) in [6.45, 7) is 1.36. The maximum Gasteiger partial charge on any atom is 0.328 e. The van der Waals surface area contributed by atoms with Crippen LogP contribution in [0, 0.1) is 0 Å². The molecule has 18 heavy (non-hydrogen) atoms. The van der Waals surface area contributed by atoms with Gasteiger partial charge in [0.05, 0.1) is 13.5 Å². The van der Waals surface area contributed by atoms with Crippen LogP contribution in [0.2, 0.25) is 0 Å². The highest BCUT2D eigenvalue weighted by molar-refractivity contribution is 5.89. The van der Waals surface area contributed by atoms with E-state index in [-0.39, 0.29) is 0 Å². The van der Waals surface area contributed by atoms with Crippen molar-refractivity contribution < 1.29 is 29.0 Å². The van der Waals surface area contributed by atoms with Crippen molar-refractivity contribution in [1.82, 2.24) is 10.6 Å². The average Bonchev–Trinajstić information content (AvgIpc) is 2.25. The van der Waals surface area contributed by atoms with Crippen LogP contribution in [-0.4, -0.2) is 48.2 Å². The number of amides is 3. The zero-order valence-electron chi connectivity index (χ0n) is 9.93. The molecule has 0 rings (SSSR count). The zero-order valence-corrected chi connectivity index (χ0v) is 9.93. The first-order valence-electron chi connectivity index (χ1n) is 4.94. The van der Waals surface area contributed by atoms with Gasteiger partial charge < -0.3 is 26.2 Å². The molecule has 0 saturated heterocycles. The molecule has 0 fully saturated rings. The quantitative estimate of drug-likeness (QED) is 0.413. The number of primary amides is 1. The molecule has 5 N–H and O–H groups in total. The number of ether oxygens (including phenoxy) is 1. The Morgan fingerprint density at radius 2 is 1.83 bits per heavy atom. The lowest BCUT2D eigenvalue weighted by Gasteiger charge is -2.16. The van der Waals surface area contributed by atoms with Gasteiger partial charge in [0, 0.05) is 0 Å². The Labute approximate surface area is 103 Å². The van der Waals surface area contributed by atoms with Crippen LogP contribution < -0.4 is 16.4 Å². The third-order valence-electron chi connectivity index (χ3n) is 1.91. The molecule has 0 radical (unpaired) electrons. The summed E-state index contributed by atoms with van der Waals surface area (Å²) < 4.78 is 4.36. The smallest absolute Gasteiger partial charge is 0.328 e. The number of esters is 1. The van der Waals surface area contributed by atoms with Crippen molar-refractivity contribution in [2.24, 2.45) is 5.73 Å². The van der Waals surface area contributed by atoms with Gasteiger partial charge in [-0.1, -0.05) is 0 Å². The van der Waals surface area contributed by atoms with Crippen LogP contribution in [0.5, 0.6) is 0 Å². The number of carboxylic acids is 1. The molecule has 0 aromatic heterocycles. The van der Waals surface area contributed by atoms with Gasteiger partial charge in [0.25, 0.3) is 0 Å². The number of methoxy groups -OCH3 is 1. The Kier molecular flexibility index (Phi) is 6.18. The normalized spacial score (nSPS) is 13.0. The fourth-order valence-electron chi connectivity index (χ4n) is 1.03. The number of carboxylic acid groups (broad SMARTS) is 1. The SMILES string of the molecule is COC(=O)C(C)NC(=O)N[C@@H](CC(N)=O)C(=O)O. The minimum atomic E-state index is -1.45. The van der Waals surface area contributed by atoms with E-state index in [2.05, 4.69) is 10.1 Å². The van der Waals surface area contributed by atoms with Gasteiger partial charge in [0.1, 0.15) is 12.1 Å². The summed E-state index contributed by atoms with van der Waals surface area (Å²) in [4.78, 5) is 43.6. The van der Waals surface area contributed by atoms with Crippen LogP contribution in [0.1, 0.15) is 13.3 Å². The van der Waals surface area contributed by atoms with E-state index in [0.717, 1.165) is 7.11 Å². The molecule has 9 nitrogen and oxygen atoms in total. The van der Waals surface area contributed by atoms with Gasteiger partial charge in [-0.05, 0) is 6.92 Å². The summed E-state index contributed by atoms with van der Waals surface area (Å²) in [5, 5.41) is 12.9. The molecule has 0 heterocycles. The van der Waals surface area contributed by atoms with Gasteiger partial charge in [-0.15, -0.1) is 0 Å². The second-order valence-corrected chi connectivity index (χ2v) is 3.42. The third-order valence-corrected chi connectivity index (χ3v) is 1.91. The van der Waals surface area contributed by atoms with Crippen LogP contribution >= 0.6 is 0 Å². The first-order valence-corrected chi connectivity index (χ1v) is 4.94. The minimum Gasteiger partial charge on any atom is -0.480 e. The zero-order chi connectivity index (χ0) is 14.3. The Balaban J connectivity index is 4.38. The van der Waals surface area contributed by atoms with E-state index < -0.39 is 42.4 Å². The Morgan fingerprint density at radius 1 is 1.28 bits per heavy atom. The van der Waals surface area contributed by atoms with Gasteiger partial charge in [0.15, 0.2) is 0 Å². The standard InChI is InChI=1S/C9H15N3O6/c1-4(8(16)18-2)11-9(17)12-5(7(14)15)3-6(10)13/h4-5H,3H2,1-2H3,(H2,10,13)(H,14,15)(H2,11,12,17)/t4?,5-/m0/s1. The molecule has 0 bridgehead atoms. The molecule has 2 atom stereocenters. The molecule has 0 spiro atoms. The molecular weight excluding hydrogens is 246 g/mol. The fraction of sp³-hybridized carbons (Fsp3) is 0.556. The molecule has 0 aliphatic carbocycles. The van der Waals surface area contributed by atoms with Crippen molar-refractivity contribution in [3.05, 3.63) is 0 Å². The number of carbonyl (C=O) groups is 4. The number of hydrogen-bond donors (Lipinski definition) is 4. The summed E-state index contributed by atoms with van der Waals surface area (Å²) in [6.07, 6.45) is -0.546. The van der Waals surface area contributed by atoms with E-state index in [9.17, 15) is 19.2 Å². The molecule has 9 heteroatoms. The van der Waals surface area contributed by atoms with E-state index >= 15 is 0 Å². The van der Waals surface area contributed by atoms with Crippen molar-refractivity contribution >= 4 is 23.9 Å². The highest BCUT2D eigenvalue weighted by Gasteiger charge is 2.24. The molecule has 0 aromatic rings.